The van der Waals surface area contributed by atoms with Crippen LogP contribution < -0.4 is 0 Å². The van der Waals surface area contributed by atoms with Crippen molar-refractivity contribution >= 4 is 11.9 Å². The molecule has 1 heterocycles. The predicted octanol–water partition coefficient (Wildman–Crippen LogP) is 3.41. The van der Waals surface area contributed by atoms with E-state index in [0.717, 1.165) is 25.9 Å². The first-order valence-corrected chi connectivity index (χ1v) is 8.95. The van der Waals surface area contributed by atoms with Gasteiger partial charge in [-0.1, -0.05) is 6.07 Å². The van der Waals surface area contributed by atoms with Crippen molar-refractivity contribution in [2.45, 2.75) is 37.9 Å². The highest BCUT2D eigenvalue weighted by Gasteiger charge is 2.47. The molecule has 9 heteroatoms. The molecule has 2 fully saturated rings. The van der Waals surface area contributed by atoms with E-state index in [1.54, 1.807) is 12.1 Å². The molecule has 0 bridgehead atoms. The Morgan fingerprint density at radius 3 is 2.14 bits per heavy atom. The zero-order chi connectivity index (χ0) is 21.1. The number of piperidine rings is 1. The van der Waals surface area contributed by atoms with Gasteiger partial charge in [0.1, 0.15) is 5.82 Å². The summed E-state index contributed by atoms with van der Waals surface area (Å²) < 4.78 is 45.0. The van der Waals surface area contributed by atoms with Gasteiger partial charge in [0, 0.05) is 24.7 Å². The number of nitrogens with zero attached hydrogens (tertiary/aromatic N) is 2. The number of likely N-dealkylation sites (tertiary alicyclic amines) is 1. The Morgan fingerprint density at radius 1 is 1.18 bits per heavy atom. The third kappa shape index (κ3) is 5.43. The summed E-state index contributed by atoms with van der Waals surface area (Å²) in [6.45, 7) is 1.60. The van der Waals surface area contributed by atoms with Crippen LogP contribution in [0.2, 0.25) is 0 Å². The van der Waals surface area contributed by atoms with Crippen molar-refractivity contribution in [1.82, 2.24) is 9.80 Å². The van der Waals surface area contributed by atoms with Gasteiger partial charge >= 0.3 is 12.1 Å². The number of benzene rings is 1. The molecule has 1 aromatic rings. The van der Waals surface area contributed by atoms with E-state index < -0.39 is 12.1 Å². The van der Waals surface area contributed by atoms with Gasteiger partial charge in [0.2, 0.25) is 0 Å². The Balaban J connectivity index is 0.000000345. The minimum Gasteiger partial charge on any atom is -0.475 e. The van der Waals surface area contributed by atoms with E-state index in [4.69, 9.17) is 9.90 Å². The highest BCUT2D eigenvalue weighted by Crippen LogP contribution is 2.50. The summed E-state index contributed by atoms with van der Waals surface area (Å²) in [4.78, 5) is 25.5. The average Bonchev–Trinajstić information content (AvgIpc) is 2.58. The van der Waals surface area contributed by atoms with Crippen LogP contribution in [-0.4, -0.2) is 66.2 Å². The molecule has 1 spiro atoms. The Hall–Kier alpha value is -2.16. The average molecular weight is 404 g/mol. The maximum absolute atomic E-state index is 13.2. The monoisotopic (exact) mass is 404 g/mol. The molecule has 1 aliphatic heterocycles. The van der Waals surface area contributed by atoms with Crippen molar-refractivity contribution < 1.29 is 32.3 Å². The van der Waals surface area contributed by atoms with Gasteiger partial charge in [-0.05, 0) is 63.4 Å². The zero-order valence-electron chi connectivity index (χ0n) is 15.8. The summed E-state index contributed by atoms with van der Waals surface area (Å²) in [5.41, 5.74) is 0.916. The maximum atomic E-state index is 13.2. The Labute approximate surface area is 160 Å². The topological polar surface area (TPSA) is 60.9 Å². The van der Waals surface area contributed by atoms with E-state index in [0.29, 0.717) is 17.0 Å². The van der Waals surface area contributed by atoms with Crippen LogP contribution >= 0.6 is 0 Å². The van der Waals surface area contributed by atoms with Crippen molar-refractivity contribution in [2.75, 3.05) is 27.2 Å². The van der Waals surface area contributed by atoms with Crippen LogP contribution in [-0.2, 0) is 4.79 Å². The van der Waals surface area contributed by atoms with Gasteiger partial charge in [-0.25, -0.2) is 9.18 Å². The predicted molar refractivity (Wildman–Crippen MR) is 94.4 cm³/mol. The number of amides is 1. The van der Waals surface area contributed by atoms with E-state index >= 15 is 0 Å². The molecule has 0 unspecified atom stereocenters. The molecule has 2 aliphatic rings. The molecule has 1 saturated carbocycles. The third-order valence-electron chi connectivity index (χ3n) is 5.49. The number of carbonyl (C=O) groups is 2. The molecule has 1 aliphatic carbocycles. The molecule has 1 aromatic carbocycles. The highest BCUT2D eigenvalue weighted by atomic mass is 19.4. The molecular weight excluding hydrogens is 380 g/mol. The van der Waals surface area contributed by atoms with E-state index in [9.17, 15) is 22.4 Å². The molecule has 0 atom stereocenters. The van der Waals surface area contributed by atoms with Crippen LogP contribution in [0, 0.1) is 11.2 Å². The summed E-state index contributed by atoms with van der Waals surface area (Å²) in [7, 11) is 4.28. The van der Waals surface area contributed by atoms with E-state index in [2.05, 4.69) is 19.0 Å². The minimum absolute atomic E-state index is 0.0344. The third-order valence-corrected chi connectivity index (χ3v) is 5.49. The van der Waals surface area contributed by atoms with E-state index in [1.807, 2.05) is 4.90 Å². The van der Waals surface area contributed by atoms with E-state index in [-0.39, 0.29) is 11.7 Å². The summed E-state index contributed by atoms with van der Waals surface area (Å²) >= 11 is 0. The van der Waals surface area contributed by atoms with Gasteiger partial charge < -0.3 is 14.9 Å². The van der Waals surface area contributed by atoms with Gasteiger partial charge in [0.15, 0.2) is 0 Å². The molecule has 1 saturated heterocycles. The van der Waals surface area contributed by atoms with Crippen molar-refractivity contribution in [2.24, 2.45) is 5.41 Å². The van der Waals surface area contributed by atoms with Gasteiger partial charge in [-0.15, -0.1) is 0 Å². The number of rotatable bonds is 2. The van der Waals surface area contributed by atoms with Crippen LogP contribution in [0.1, 0.15) is 36.0 Å². The smallest absolute Gasteiger partial charge is 0.475 e. The van der Waals surface area contributed by atoms with Crippen LogP contribution in [0.4, 0.5) is 17.6 Å². The zero-order valence-corrected chi connectivity index (χ0v) is 15.8. The molecular formula is C19H24F4N2O3. The number of carbonyl (C=O) groups excluding carboxylic acids is 1. The lowest BCUT2D eigenvalue weighted by molar-refractivity contribution is -0.192. The molecule has 1 amide bonds. The number of carboxylic acids is 1. The van der Waals surface area contributed by atoms with Crippen molar-refractivity contribution in [3.63, 3.8) is 0 Å². The standard InChI is InChI=1S/C17H23FN2O.C2HF3O2/c1-19(2)15-11-17(12-15)6-8-20(9-7-17)16(21)13-4-3-5-14(18)10-13;3-2(4,5)1(6)7/h3-5,10,15H,6-9,11-12H2,1-2H3;(H,6,7). The second kappa shape index (κ2) is 8.46. The summed E-state index contributed by atoms with van der Waals surface area (Å²) in [6.07, 6.45) is -0.416. The lowest BCUT2D eigenvalue weighted by Gasteiger charge is -2.54. The lowest BCUT2D eigenvalue weighted by atomic mass is 9.60. The first kappa shape index (κ1) is 22.1. The number of halogens is 4. The van der Waals surface area contributed by atoms with Crippen molar-refractivity contribution in [3.05, 3.63) is 35.6 Å². The summed E-state index contributed by atoms with van der Waals surface area (Å²) in [5.74, 6) is -3.14. The fourth-order valence-corrected chi connectivity index (χ4v) is 3.70. The summed E-state index contributed by atoms with van der Waals surface area (Å²) in [6, 6.07) is 6.70. The number of hydrogen-bond acceptors (Lipinski definition) is 3. The molecule has 3 rings (SSSR count). The molecule has 28 heavy (non-hydrogen) atoms. The fraction of sp³-hybridized carbons (Fsp3) is 0.579. The van der Waals surface area contributed by atoms with Gasteiger partial charge in [0.25, 0.3) is 5.91 Å². The van der Waals surface area contributed by atoms with Crippen molar-refractivity contribution in [3.8, 4) is 0 Å². The SMILES string of the molecule is CN(C)C1CC2(CCN(C(=O)c3cccc(F)c3)CC2)C1.O=C(O)C(F)(F)F. The first-order valence-electron chi connectivity index (χ1n) is 8.95. The van der Waals surface area contributed by atoms with E-state index in [1.165, 1.54) is 25.0 Å². The van der Waals surface area contributed by atoms with Gasteiger partial charge in [-0.3, -0.25) is 4.79 Å². The number of alkyl halides is 3. The van der Waals surface area contributed by atoms with Gasteiger partial charge in [0.05, 0.1) is 0 Å². The second-order valence-corrected chi connectivity index (χ2v) is 7.63. The Bertz CT molecular complexity index is 705. The summed E-state index contributed by atoms with van der Waals surface area (Å²) in [5, 5.41) is 7.12. The second-order valence-electron chi connectivity index (χ2n) is 7.63. The number of aliphatic carboxylic acids is 1. The Morgan fingerprint density at radius 2 is 1.71 bits per heavy atom. The number of hydrogen-bond donors (Lipinski definition) is 1. The molecule has 0 aromatic heterocycles. The molecule has 5 nitrogen and oxygen atoms in total. The van der Waals surface area contributed by atoms with Crippen LogP contribution in [0.3, 0.4) is 0 Å². The van der Waals surface area contributed by atoms with Gasteiger partial charge in [-0.2, -0.15) is 13.2 Å². The van der Waals surface area contributed by atoms with Crippen LogP contribution in [0.5, 0.6) is 0 Å². The number of carboxylic acid groups (broad SMARTS) is 1. The highest BCUT2D eigenvalue weighted by molar-refractivity contribution is 5.94. The van der Waals surface area contributed by atoms with Crippen molar-refractivity contribution in [1.29, 1.82) is 0 Å². The maximum Gasteiger partial charge on any atom is 0.490 e. The minimum atomic E-state index is -5.08. The quantitative estimate of drug-likeness (QED) is 0.768. The first-order chi connectivity index (χ1) is 12.9. The normalized spacial score (nSPS) is 19.0. The van der Waals surface area contributed by atoms with Crippen LogP contribution in [0.25, 0.3) is 0 Å². The van der Waals surface area contributed by atoms with Crippen LogP contribution in [0.15, 0.2) is 24.3 Å². The molecule has 0 radical (unpaired) electrons. The molecule has 1 N–H and O–H groups in total. The molecule has 156 valence electrons. The largest absolute Gasteiger partial charge is 0.490 e. The fourth-order valence-electron chi connectivity index (χ4n) is 3.70. The lowest BCUT2D eigenvalue weighted by Crippen LogP contribution is -2.54. The Kier molecular flexibility index (Phi) is 6.69.